The van der Waals surface area contributed by atoms with E-state index in [0.717, 1.165) is 5.92 Å². The van der Waals surface area contributed by atoms with Gasteiger partial charge < -0.3 is 0 Å². The quantitative estimate of drug-likeness (QED) is 0.267. The standard InChI is InChI=1S/C14H28.C5H12.2C2H6.CH3I/c1-8-12(5,9-2)14(7)11(4)13(14,6)10-3;1-3-5-4-2;3*1-2/h11H,8-10H2,1-7H3;3-5H2,1-2H3;2*1-2H3;1H3. The molecule has 0 aromatic rings. The molecule has 0 aliphatic heterocycles. The average molecular weight is 471 g/mol. The molecule has 0 aromatic heterocycles. The van der Waals surface area contributed by atoms with E-state index < -0.39 is 0 Å². The van der Waals surface area contributed by atoms with Crippen molar-refractivity contribution in [2.24, 2.45) is 22.2 Å². The van der Waals surface area contributed by atoms with Gasteiger partial charge in [0.05, 0.1) is 0 Å². The molecule has 0 saturated heterocycles. The second-order valence-corrected chi connectivity index (χ2v) is 7.32. The summed E-state index contributed by atoms with van der Waals surface area (Å²) in [4.78, 5) is 1.97. The normalized spacial score (nSPS) is 26.3. The van der Waals surface area contributed by atoms with Crippen molar-refractivity contribution in [1.82, 2.24) is 0 Å². The number of hydrogen-bond acceptors (Lipinski definition) is 0. The molecule has 1 heteroatoms. The summed E-state index contributed by atoms with van der Waals surface area (Å²) >= 11 is 2.15. The van der Waals surface area contributed by atoms with Crippen molar-refractivity contribution in [3.8, 4) is 0 Å². The second kappa shape index (κ2) is 18.1. The molecule has 0 aromatic carbocycles. The molecule has 0 spiro atoms. The highest BCUT2D eigenvalue weighted by atomic mass is 127. The van der Waals surface area contributed by atoms with Crippen LogP contribution >= 0.6 is 22.6 Å². The van der Waals surface area contributed by atoms with Crippen molar-refractivity contribution >= 4 is 22.6 Å². The van der Waals surface area contributed by atoms with Gasteiger partial charge in [-0.15, -0.1) is 0 Å². The molecule has 1 aliphatic rings. The molecule has 0 nitrogen and oxygen atoms in total. The predicted octanol–water partition coefficient (Wildman–Crippen LogP) is 10.2. The van der Waals surface area contributed by atoms with Gasteiger partial charge in [-0.25, -0.2) is 0 Å². The highest BCUT2D eigenvalue weighted by Crippen LogP contribution is 2.78. The van der Waals surface area contributed by atoms with E-state index in [0.29, 0.717) is 16.2 Å². The molecular formula is C24H55I. The van der Waals surface area contributed by atoms with Gasteiger partial charge in [0.15, 0.2) is 0 Å². The lowest BCUT2D eigenvalue weighted by Gasteiger charge is -2.38. The molecule has 0 heterocycles. The maximum atomic E-state index is 2.52. The van der Waals surface area contributed by atoms with Crippen LogP contribution in [0.25, 0.3) is 0 Å². The fourth-order valence-electron chi connectivity index (χ4n) is 4.37. The Morgan fingerprint density at radius 2 is 1.12 bits per heavy atom. The minimum absolute atomic E-state index is 0.539. The number of rotatable bonds is 6. The maximum absolute atomic E-state index is 2.52. The summed E-state index contributed by atoms with van der Waals surface area (Å²) < 4.78 is 0. The number of halogens is 1. The molecule has 1 saturated carbocycles. The van der Waals surface area contributed by atoms with Crippen LogP contribution in [0, 0.1) is 22.2 Å². The third-order valence-electron chi connectivity index (χ3n) is 7.18. The van der Waals surface area contributed by atoms with Crippen LogP contribution < -0.4 is 0 Å². The van der Waals surface area contributed by atoms with E-state index in [1.807, 2.05) is 32.6 Å². The zero-order valence-corrected chi connectivity index (χ0v) is 22.9. The third-order valence-corrected chi connectivity index (χ3v) is 7.18. The number of alkyl halides is 1. The molecule has 3 unspecified atom stereocenters. The van der Waals surface area contributed by atoms with E-state index in [1.54, 1.807) is 0 Å². The Bertz CT molecular complexity index is 255. The van der Waals surface area contributed by atoms with E-state index in [1.165, 1.54) is 38.5 Å². The first-order valence-electron chi connectivity index (χ1n) is 11.1. The van der Waals surface area contributed by atoms with Crippen LogP contribution in [0.5, 0.6) is 0 Å². The summed E-state index contributed by atoms with van der Waals surface area (Å²) in [7, 11) is 0. The van der Waals surface area contributed by atoms with Gasteiger partial charge in [0.25, 0.3) is 0 Å². The summed E-state index contributed by atoms with van der Waals surface area (Å²) in [5, 5.41) is 0. The average Bonchev–Trinajstić information content (AvgIpc) is 3.15. The summed E-state index contributed by atoms with van der Waals surface area (Å²) in [6.07, 6.45) is 8.05. The Labute approximate surface area is 177 Å². The van der Waals surface area contributed by atoms with Gasteiger partial charge in [0.2, 0.25) is 0 Å². The zero-order chi connectivity index (χ0) is 21.3. The van der Waals surface area contributed by atoms with Gasteiger partial charge in [0.1, 0.15) is 0 Å². The fraction of sp³-hybridized carbons (Fsp3) is 1.00. The molecule has 158 valence electrons. The zero-order valence-electron chi connectivity index (χ0n) is 20.7. The Morgan fingerprint density at radius 3 is 1.24 bits per heavy atom. The lowest BCUT2D eigenvalue weighted by atomic mass is 9.67. The SMILES string of the molecule is CC.CC.CCC(C)(CC)C1(C)C(C)C1(C)CC.CCCCC.CI. The number of unbranched alkanes of at least 4 members (excludes halogenated alkanes) is 2. The molecule has 0 bridgehead atoms. The highest BCUT2D eigenvalue weighted by molar-refractivity contribution is 14.1. The van der Waals surface area contributed by atoms with Crippen molar-refractivity contribution in [1.29, 1.82) is 0 Å². The second-order valence-electron chi connectivity index (χ2n) is 7.32. The smallest absolute Gasteiger partial charge is 0.0121 e. The van der Waals surface area contributed by atoms with Gasteiger partial charge >= 0.3 is 0 Å². The third kappa shape index (κ3) is 8.09. The highest BCUT2D eigenvalue weighted by Gasteiger charge is 2.72. The first-order valence-corrected chi connectivity index (χ1v) is 13.3. The summed E-state index contributed by atoms with van der Waals surface area (Å²) in [6, 6.07) is 0. The Morgan fingerprint density at radius 1 is 0.800 bits per heavy atom. The first-order chi connectivity index (χ1) is 11.8. The van der Waals surface area contributed by atoms with Crippen molar-refractivity contribution in [2.75, 3.05) is 4.93 Å². The molecule has 1 fully saturated rings. The summed E-state index contributed by atoms with van der Waals surface area (Å²) in [5.41, 5.74) is 1.70. The Hall–Kier alpha value is 0.730. The van der Waals surface area contributed by atoms with Crippen LogP contribution in [0.15, 0.2) is 0 Å². The van der Waals surface area contributed by atoms with E-state index in [-0.39, 0.29) is 0 Å². The van der Waals surface area contributed by atoms with Gasteiger partial charge in [0, 0.05) is 0 Å². The largest absolute Gasteiger partial charge is 0.0901 e. The molecule has 25 heavy (non-hydrogen) atoms. The van der Waals surface area contributed by atoms with Crippen LogP contribution in [0.1, 0.15) is 129 Å². The molecule has 1 aliphatic carbocycles. The van der Waals surface area contributed by atoms with Crippen LogP contribution in [0.4, 0.5) is 0 Å². The molecule has 0 radical (unpaired) electrons. The first kappa shape index (κ1) is 33.3. The van der Waals surface area contributed by atoms with Crippen LogP contribution in [-0.4, -0.2) is 4.93 Å². The molecule has 3 atom stereocenters. The van der Waals surface area contributed by atoms with Crippen molar-refractivity contribution in [2.45, 2.75) is 129 Å². The lowest BCUT2D eigenvalue weighted by molar-refractivity contribution is 0.112. The topological polar surface area (TPSA) is 0 Å². The van der Waals surface area contributed by atoms with Crippen molar-refractivity contribution in [3.05, 3.63) is 0 Å². The Balaban J connectivity index is -0.000000168. The van der Waals surface area contributed by atoms with Crippen LogP contribution in [0.2, 0.25) is 0 Å². The predicted molar refractivity (Wildman–Crippen MR) is 132 cm³/mol. The minimum Gasteiger partial charge on any atom is -0.0901 e. The maximum Gasteiger partial charge on any atom is -0.0121 e. The van der Waals surface area contributed by atoms with Gasteiger partial charge in [-0.3, -0.25) is 0 Å². The molecule has 1 rings (SSSR count). The monoisotopic (exact) mass is 470 g/mol. The minimum atomic E-state index is 0.539. The van der Waals surface area contributed by atoms with E-state index in [2.05, 4.69) is 84.9 Å². The summed E-state index contributed by atoms with van der Waals surface area (Å²) in [6.45, 7) is 29.4. The summed E-state index contributed by atoms with van der Waals surface area (Å²) in [5.74, 6) is 0.893. The Kier molecular flexibility index (Phi) is 24.1. The van der Waals surface area contributed by atoms with Crippen LogP contribution in [-0.2, 0) is 0 Å². The van der Waals surface area contributed by atoms with Crippen LogP contribution in [0.3, 0.4) is 0 Å². The van der Waals surface area contributed by atoms with E-state index in [9.17, 15) is 0 Å². The lowest BCUT2D eigenvalue weighted by Crippen LogP contribution is -2.30. The van der Waals surface area contributed by atoms with Gasteiger partial charge in [-0.1, -0.05) is 145 Å². The van der Waals surface area contributed by atoms with Gasteiger partial charge in [-0.2, -0.15) is 0 Å². The molecule has 0 amide bonds. The number of hydrogen-bond donors (Lipinski definition) is 0. The van der Waals surface area contributed by atoms with Crippen molar-refractivity contribution in [3.63, 3.8) is 0 Å². The van der Waals surface area contributed by atoms with E-state index >= 15 is 0 Å². The fourth-order valence-corrected chi connectivity index (χ4v) is 4.37. The van der Waals surface area contributed by atoms with E-state index in [4.69, 9.17) is 0 Å². The van der Waals surface area contributed by atoms with Gasteiger partial charge in [-0.05, 0) is 33.5 Å². The molecule has 0 N–H and O–H groups in total. The van der Waals surface area contributed by atoms with Crippen molar-refractivity contribution < 1.29 is 0 Å². The molecular weight excluding hydrogens is 415 g/mol.